The highest BCUT2D eigenvalue weighted by Gasteiger charge is 2.48. The minimum absolute atomic E-state index is 0.0134. The van der Waals surface area contributed by atoms with Crippen LogP contribution in [0.1, 0.15) is 0 Å². The van der Waals surface area contributed by atoms with E-state index < -0.39 is 74.6 Å². The van der Waals surface area contributed by atoms with Gasteiger partial charge in [0.25, 0.3) is 0 Å². The van der Waals surface area contributed by atoms with Crippen molar-refractivity contribution in [1.29, 1.82) is 0 Å². The van der Waals surface area contributed by atoms with Crippen LogP contribution in [-0.4, -0.2) is 110 Å². The Balaban J connectivity index is 1.43. The topological polar surface area (TPSA) is 217 Å². The molecule has 0 aromatic heterocycles. The van der Waals surface area contributed by atoms with Gasteiger partial charge in [-0.25, -0.2) is 0 Å². The van der Waals surface area contributed by atoms with Crippen molar-refractivity contribution in [2.75, 3.05) is 13.2 Å². The predicted octanol–water partition coefficient (Wildman–Crippen LogP) is 0.196. The molecule has 10 atom stereocenters. The molecule has 3 aromatic carbocycles. The Morgan fingerprint density at radius 1 is 0.636 bits per heavy atom. The van der Waals surface area contributed by atoms with Gasteiger partial charge in [0, 0.05) is 5.56 Å². The molecular formula is C30H33NO13. The number of aliphatic hydroxyl groups excluding tert-OH is 7. The average Bonchev–Trinajstić information content (AvgIpc) is 3.05. The molecule has 3 aromatic rings. The van der Waals surface area contributed by atoms with Crippen molar-refractivity contribution in [3.63, 3.8) is 0 Å². The van der Waals surface area contributed by atoms with Crippen LogP contribution in [0.25, 0.3) is 11.1 Å². The Morgan fingerprint density at radius 3 is 1.93 bits per heavy atom. The van der Waals surface area contributed by atoms with Crippen molar-refractivity contribution < 1.29 is 59.4 Å². The van der Waals surface area contributed by atoms with E-state index in [-0.39, 0.29) is 22.9 Å². The third-order valence-electron chi connectivity index (χ3n) is 7.43. The number of nitrogens with zero attached hydrogens (tertiary/aromatic N) is 1. The summed E-state index contributed by atoms with van der Waals surface area (Å²) in [6, 6.07) is 19.3. The molecule has 14 heteroatoms. The first-order valence-corrected chi connectivity index (χ1v) is 13.8. The molecule has 0 bridgehead atoms. The zero-order valence-corrected chi connectivity index (χ0v) is 23.1. The number of rotatable bonds is 10. The van der Waals surface area contributed by atoms with Crippen LogP contribution in [0.5, 0.6) is 17.2 Å². The van der Waals surface area contributed by atoms with Crippen LogP contribution < -0.4 is 14.2 Å². The third-order valence-corrected chi connectivity index (χ3v) is 7.43. The lowest BCUT2D eigenvalue weighted by molar-refractivity contribution is -0.277. The van der Waals surface area contributed by atoms with Gasteiger partial charge in [0.1, 0.15) is 53.8 Å². The van der Waals surface area contributed by atoms with Gasteiger partial charge >= 0.3 is 0 Å². The monoisotopic (exact) mass is 615 g/mol. The van der Waals surface area contributed by atoms with Crippen LogP contribution in [0, 0.1) is 4.91 Å². The van der Waals surface area contributed by atoms with E-state index in [9.17, 15) is 40.7 Å². The lowest BCUT2D eigenvalue weighted by atomic mass is 9.98. The molecule has 2 saturated heterocycles. The molecule has 0 spiro atoms. The van der Waals surface area contributed by atoms with E-state index in [1.54, 1.807) is 48.5 Å². The van der Waals surface area contributed by atoms with Gasteiger partial charge in [-0.3, -0.25) is 0 Å². The summed E-state index contributed by atoms with van der Waals surface area (Å²) < 4.78 is 28.7. The normalized spacial score (nSPS) is 32.1. The summed E-state index contributed by atoms with van der Waals surface area (Å²) in [5.74, 6) is 0.341. The largest absolute Gasteiger partial charge is 0.485 e. The Bertz CT molecular complexity index is 1390. The molecule has 0 unspecified atom stereocenters. The smallest absolute Gasteiger partial charge is 0.230 e. The standard InChI is InChI=1S/C30H33NO13/c32-13-21-23(34)25(36)26(37)29(43-21)41-19-11-10-16(12-17(19)15-6-2-1-3-7-15)40-28-24(35)22(14-33)44-30(27(28)38)42-20-9-5-4-8-18(20)31-39/h1-12,21-30,32-38H,13-14H2/t21-,22-,23+,24+,25+,26-,27-,28+,29-,30-/m1/s1. The predicted molar refractivity (Wildman–Crippen MR) is 151 cm³/mol. The molecule has 0 aliphatic carbocycles. The second-order valence-electron chi connectivity index (χ2n) is 10.3. The molecule has 2 fully saturated rings. The van der Waals surface area contributed by atoms with E-state index in [4.69, 9.17) is 23.7 Å². The van der Waals surface area contributed by atoms with Crippen LogP contribution in [-0.2, 0) is 9.47 Å². The van der Waals surface area contributed by atoms with Gasteiger partial charge in [-0.15, -0.1) is 4.91 Å². The first-order valence-electron chi connectivity index (χ1n) is 13.8. The molecule has 2 heterocycles. The van der Waals surface area contributed by atoms with Gasteiger partial charge < -0.3 is 59.4 Å². The maximum absolute atomic E-state index is 11.2. The highest BCUT2D eigenvalue weighted by molar-refractivity contribution is 5.72. The molecule has 14 nitrogen and oxygen atoms in total. The van der Waals surface area contributed by atoms with Gasteiger partial charge in [-0.05, 0) is 41.1 Å². The summed E-state index contributed by atoms with van der Waals surface area (Å²) in [5, 5.41) is 75.1. The number of para-hydroxylation sites is 1. The molecule has 7 N–H and O–H groups in total. The SMILES string of the molecule is O=Nc1ccccc1O[C@@H]1O[C@H](CO)[C@H](O)[C@H](Oc2ccc(O[C@@H]3O[C@H](CO)[C@H](O)[C@H](O)[C@H]3O)c(-c3ccccc3)c2)[C@H]1O. The van der Waals surface area contributed by atoms with Gasteiger partial charge in [-0.2, -0.15) is 0 Å². The third kappa shape index (κ3) is 6.53. The fourth-order valence-corrected chi connectivity index (χ4v) is 5.02. The zero-order chi connectivity index (χ0) is 31.4. The second kappa shape index (κ2) is 13.9. The van der Waals surface area contributed by atoms with Crippen LogP contribution in [0.15, 0.2) is 78.0 Å². The van der Waals surface area contributed by atoms with E-state index in [1.807, 2.05) is 0 Å². The molecule has 0 radical (unpaired) electrons. The fraction of sp³-hybridized carbons (Fsp3) is 0.400. The molecule has 0 saturated carbocycles. The summed E-state index contributed by atoms with van der Waals surface area (Å²) >= 11 is 0. The summed E-state index contributed by atoms with van der Waals surface area (Å²) in [7, 11) is 0. The maximum Gasteiger partial charge on any atom is 0.230 e. The second-order valence-corrected chi connectivity index (χ2v) is 10.3. The molecule has 44 heavy (non-hydrogen) atoms. The van der Waals surface area contributed by atoms with Crippen LogP contribution in [0.4, 0.5) is 5.69 Å². The van der Waals surface area contributed by atoms with Gasteiger partial charge in [0.15, 0.2) is 18.0 Å². The number of aliphatic hydroxyl groups is 7. The van der Waals surface area contributed by atoms with Crippen molar-refractivity contribution in [2.45, 2.75) is 61.4 Å². The van der Waals surface area contributed by atoms with E-state index in [2.05, 4.69) is 5.18 Å². The summed E-state index contributed by atoms with van der Waals surface area (Å²) in [6.45, 7) is -1.27. The van der Waals surface area contributed by atoms with Crippen LogP contribution in [0.2, 0.25) is 0 Å². The van der Waals surface area contributed by atoms with Crippen LogP contribution >= 0.6 is 0 Å². The van der Waals surface area contributed by atoms with Gasteiger partial charge in [0.2, 0.25) is 12.6 Å². The quantitative estimate of drug-likeness (QED) is 0.152. The van der Waals surface area contributed by atoms with Crippen molar-refractivity contribution >= 4 is 5.69 Å². The number of nitroso groups, excluding NO2 is 1. The Kier molecular flexibility index (Phi) is 10.1. The molecule has 236 valence electrons. The molecular weight excluding hydrogens is 582 g/mol. The fourth-order valence-electron chi connectivity index (χ4n) is 5.02. The van der Waals surface area contributed by atoms with E-state index in [1.165, 1.54) is 24.3 Å². The molecule has 2 aliphatic rings. The lowest BCUT2D eigenvalue weighted by Gasteiger charge is -2.41. The number of hydrogen-bond acceptors (Lipinski definition) is 14. The highest BCUT2D eigenvalue weighted by atomic mass is 16.7. The maximum atomic E-state index is 11.2. The summed E-state index contributed by atoms with van der Waals surface area (Å²) in [4.78, 5) is 11.2. The van der Waals surface area contributed by atoms with E-state index in [0.29, 0.717) is 11.1 Å². The van der Waals surface area contributed by atoms with E-state index >= 15 is 0 Å². The van der Waals surface area contributed by atoms with E-state index in [0.717, 1.165) is 0 Å². The van der Waals surface area contributed by atoms with Crippen molar-refractivity contribution in [1.82, 2.24) is 0 Å². The van der Waals surface area contributed by atoms with Gasteiger partial charge in [0.05, 0.1) is 13.2 Å². The lowest BCUT2D eigenvalue weighted by Crippen LogP contribution is -2.62. The molecule has 5 rings (SSSR count). The summed E-state index contributed by atoms with van der Waals surface area (Å²) in [5.41, 5.74) is 1.02. The summed E-state index contributed by atoms with van der Waals surface area (Å²) in [6.07, 6.45) is -14.6. The van der Waals surface area contributed by atoms with Crippen molar-refractivity contribution in [2.24, 2.45) is 5.18 Å². The zero-order valence-electron chi connectivity index (χ0n) is 23.1. The Hall–Kier alpha value is -3.70. The first-order chi connectivity index (χ1) is 21.2. The van der Waals surface area contributed by atoms with Crippen molar-refractivity contribution in [3.05, 3.63) is 77.7 Å². The minimum Gasteiger partial charge on any atom is -0.485 e. The number of hydrogen-bond donors (Lipinski definition) is 7. The average molecular weight is 616 g/mol. The Morgan fingerprint density at radius 2 is 1.25 bits per heavy atom. The minimum atomic E-state index is -1.65. The van der Waals surface area contributed by atoms with Crippen molar-refractivity contribution in [3.8, 4) is 28.4 Å². The highest BCUT2D eigenvalue weighted by Crippen LogP contribution is 2.38. The number of benzene rings is 3. The molecule has 2 aliphatic heterocycles. The first kappa shape index (κ1) is 31.7. The van der Waals surface area contributed by atoms with Crippen LogP contribution in [0.3, 0.4) is 0 Å². The number of ether oxygens (including phenoxy) is 5. The Labute approximate surface area is 251 Å². The van der Waals surface area contributed by atoms with Gasteiger partial charge in [-0.1, -0.05) is 42.5 Å². The molecule has 0 amide bonds.